The number of carbonyl (C=O) groups is 2. The molecular weight excluding hydrogens is 327 g/mol. The SMILES string of the molecule is Cc1nn(CC(F)(F)F)c(C)c1C(C)C(=O)N[C@@H](C(=O)O)C(C)C. The molecule has 0 aromatic carbocycles. The van der Waals surface area contributed by atoms with Crippen LogP contribution in [0, 0.1) is 19.8 Å². The van der Waals surface area contributed by atoms with Crippen molar-refractivity contribution >= 4 is 11.9 Å². The zero-order chi connectivity index (χ0) is 18.8. The number of hydrogen-bond acceptors (Lipinski definition) is 3. The first kappa shape index (κ1) is 20.0. The fourth-order valence-electron chi connectivity index (χ4n) is 2.58. The van der Waals surface area contributed by atoms with E-state index in [9.17, 15) is 22.8 Å². The van der Waals surface area contributed by atoms with Gasteiger partial charge in [0.2, 0.25) is 5.91 Å². The van der Waals surface area contributed by atoms with E-state index in [0.29, 0.717) is 11.3 Å². The molecule has 0 spiro atoms. The quantitative estimate of drug-likeness (QED) is 0.826. The number of alkyl halides is 3. The summed E-state index contributed by atoms with van der Waals surface area (Å²) in [6, 6.07) is -1.06. The summed E-state index contributed by atoms with van der Waals surface area (Å²) in [5, 5.41) is 15.4. The number of carbonyl (C=O) groups excluding carboxylic acids is 1. The smallest absolute Gasteiger partial charge is 0.408 e. The van der Waals surface area contributed by atoms with Crippen molar-refractivity contribution in [3.8, 4) is 0 Å². The number of halogens is 3. The van der Waals surface area contributed by atoms with Gasteiger partial charge in [0, 0.05) is 11.3 Å². The van der Waals surface area contributed by atoms with Gasteiger partial charge >= 0.3 is 12.1 Å². The molecule has 1 amide bonds. The third kappa shape index (κ3) is 4.72. The monoisotopic (exact) mass is 349 g/mol. The summed E-state index contributed by atoms with van der Waals surface area (Å²) in [5.41, 5.74) is 0.935. The molecule has 6 nitrogen and oxygen atoms in total. The maximum absolute atomic E-state index is 12.6. The van der Waals surface area contributed by atoms with E-state index >= 15 is 0 Å². The minimum absolute atomic E-state index is 0.240. The maximum Gasteiger partial charge on any atom is 0.408 e. The molecule has 1 heterocycles. The Morgan fingerprint density at radius 1 is 1.25 bits per heavy atom. The first-order valence-electron chi connectivity index (χ1n) is 7.49. The minimum atomic E-state index is -4.42. The molecule has 0 aliphatic heterocycles. The van der Waals surface area contributed by atoms with Gasteiger partial charge in [0.25, 0.3) is 0 Å². The third-order valence-electron chi connectivity index (χ3n) is 3.82. The lowest BCUT2D eigenvalue weighted by Crippen LogP contribution is -2.45. The molecule has 2 atom stereocenters. The molecule has 0 saturated carbocycles. The Hall–Kier alpha value is -2.06. The molecule has 0 fully saturated rings. The van der Waals surface area contributed by atoms with Crippen molar-refractivity contribution in [3.05, 3.63) is 17.0 Å². The Morgan fingerprint density at radius 3 is 2.21 bits per heavy atom. The lowest BCUT2D eigenvalue weighted by molar-refractivity contribution is -0.143. The van der Waals surface area contributed by atoms with Gasteiger partial charge in [-0.15, -0.1) is 0 Å². The summed E-state index contributed by atoms with van der Waals surface area (Å²) in [6.07, 6.45) is -4.42. The van der Waals surface area contributed by atoms with Crippen LogP contribution in [0.25, 0.3) is 0 Å². The zero-order valence-electron chi connectivity index (χ0n) is 14.2. The number of aliphatic carboxylic acids is 1. The summed E-state index contributed by atoms with van der Waals surface area (Å²) in [4.78, 5) is 23.5. The van der Waals surface area contributed by atoms with Crippen LogP contribution in [0.1, 0.15) is 43.6 Å². The minimum Gasteiger partial charge on any atom is -0.480 e. The van der Waals surface area contributed by atoms with Crippen LogP contribution >= 0.6 is 0 Å². The van der Waals surface area contributed by atoms with Gasteiger partial charge in [-0.1, -0.05) is 13.8 Å². The number of amides is 1. The number of nitrogens with one attached hydrogen (secondary N) is 1. The van der Waals surface area contributed by atoms with Gasteiger partial charge in [0.1, 0.15) is 12.6 Å². The topological polar surface area (TPSA) is 84.2 Å². The predicted octanol–water partition coefficient (Wildman–Crippen LogP) is 2.39. The normalized spacial score (nSPS) is 14.5. The molecule has 0 bridgehead atoms. The highest BCUT2D eigenvalue weighted by Gasteiger charge is 2.32. The van der Waals surface area contributed by atoms with Gasteiger partial charge in [-0.3, -0.25) is 9.48 Å². The average molecular weight is 349 g/mol. The van der Waals surface area contributed by atoms with Crippen LogP contribution in [0.3, 0.4) is 0 Å². The highest BCUT2D eigenvalue weighted by molar-refractivity contribution is 5.88. The number of rotatable bonds is 6. The summed E-state index contributed by atoms with van der Waals surface area (Å²) in [6.45, 7) is 6.57. The number of aryl methyl sites for hydroxylation is 1. The summed E-state index contributed by atoms with van der Waals surface area (Å²) in [5.74, 6) is -2.86. The van der Waals surface area contributed by atoms with E-state index in [1.54, 1.807) is 13.8 Å². The van der Waals surface area contributed by atoms with Crippen molar-refractivity contribution < 1.29 is 27.9 Å². The van der Waals surface area contributed by atoms with Gasteiger partial charge in [0.05, 0.1) is 11.6 Å². The highest BCUT2D eigenvalue weighted by Crippen LogP contribution is 2.26. The second-order valence-electron chi connectivity index (χ2n) is 6.15. The lowest BCUT2D eigenvalue weighted by atomic mass is 9.96. The van der Waals surface area contributed by atoms with Gasteiger partial charge in [-0.2, -0.15) is 18.3 Å². The van der Waals surface area contributed by atoms with Crippen LogP contribution in [0.15, 0.2) is 0 Å². The van der Waals surface area contributed by atoms with Crippen molar-refractivity contribution in [2.75, 3.05) is 0 Å². The summed E-state index contributed by atoms with van der Waals surface area (Å²) >= 11 is 0. The molecule has 24 heavy (non-hydrogen) atoms. The number of aromatic nitrogens is 2. The Kier molecular flexibility index (Phi) is 6.02. The van der Waals surface area contributed by atoms with E-state index in [1.165, 1.54) is 20.8 Å². The molecule has 0 saturated heterocycles. The maximum atomic E-state index is 12.6. The zero-order valence-corrected chi connectivity index (χ0v) is 14.2. The highest BCUT2D eigenvalue weighted by atomic mass is 19.4. The summed E-state index contributed by atoms with van der Waals surface area (Å²) < 4.78 is 38.5. The van der Waals surface area contributed by atoms with Gasteiger partial charge < -0.3 is 10.4 Å². The van der Waals surface area contributed by atoms with E-state index in [0.717, 1.165) is 4.68 Å². The molecule has 9 heteroatoms. The standard InChI is InChI=1S/C15H22F3N3O3/c1-7(2)12(14(23)24)19-13(22)8(3)11-9(4)20-21(10(11)5)6-15(16,17)18/h7-8,12H,6H2,1-5H3,(H,19,22)(H,23,24)/t8?,12-/m1/s1. The second kappa shape index (κ2) is 7.23. The van der Waals surface area contributed by atoms with Crippen molar-refractivity contribution in [1.82, 2.24) is 15.1 Å². The molecule has 1 aromatic rings. The average Bonchev–Trinajstić information content (AvgIpc) is 2.66. The molecule has 1 aromatic heterocycles. The molecule has 136 valence electrons. The molecule has 0 aliphatic rings. The number of hydrogen-bond donors (Lipinski definition) is 2. The van der Waals surface area contributed by atoms with Gasteiger partial charge in [-0.25, -0.2) is 4.79 Å². The Bertz CT molecular complexity index is 623. The number of carboxylic acids is 1. The van der Waals surface area contributed by atoms with E-state index < -0.39 is 36.6 Å². The molecule has 2 N–H and O–H groups in total. The first-order valence-corrected chi connectivity index (χ1v) is 7.49. The first-order chi connectivity index (χ1) is 10.8. The van der Waals surface area contributed by atoms with Crippen LogP contribution in [0.2, 0.25) is 0 Å². The van der Waals surface area contributed by atoms with Gasteiger partial charge in [-0.05, 0) is 26.7 Å². The van der Waals surface area contributed by atoms with Crippen molar-refractivity contribution in [1.29, 1.82) is 0 Å². The van der Waals surface area contributed by atoms with Crippen molar-refractivity contribution in [3.63, 3.8) is 0 Å². The number of nitrogens with zero attached hydrogens (tertiary/aromatic N) is 2. The third-order valence-corrected chi connectivity index (χ3v) is 3.82. The van der Waals surface area contributed by atoms with Crippen LogP contribution in [-0.4, -0.2) is 39.0 Å². The largest absolute Gasteiger partial charge is 0.480 e. The van der Waals surface area contributed by atoms with E-state index in [-0.39, 0.29) is 11.6 Å². The summed E-state index contributed by atoms with van der Waals surface area (Å²) in [7, 11) is 0. The second-order valence-corrected chi connectivity index (χ2v) is 6.15. The van der Waals surface area contributed by atoms with E-state index in [4.69, 9.17) is 5.11 Å². The Morgan fingerprint density at radius 2 is 1.79 bits per heavy atom. The van der Waals surface area contributed by atoms with E-state index in [1.807, 2.05) is 0 Å². The van der Waals surface area contributed by atoms with Crippen LogP contribution in [0.4, 0.5) is 13.2 Å². The fourth-order valence-corrected chi connectivity index (χ4v) is 2.58. The molecule has 1 unspecified atom stereocenters. The molecule has 1 rings (SSSR count). The van der Waals surface area contributed by atoms with Crippen LogP contribution in [-0.2, 0) is 16.1 Å². The lowest BCUT2D eigenvalue weighted by Gasteiger charge is -2.21. The predicted molar refractivity (Wildman–Crippen MR) is 80.6 cm³/mol. The van der Waals surface area contributed by atoms with Gasteiger partial charge in [0.15, 0.2) is 0 Å². The molecule has 0 radical (unpaired) electrons. The van der Waals surface area contributed by atoms with Crippen LogP contribution in [0.5, 0.6) is 0 Å². The molecular formula is C15H22F3N3O3. The Balaban J connectivity index is 3.04. The van der Waals surface area contributed by atoms with E-state index in [2.05, 4.69) is 10.4 Å². The number of carboxylic acid groups (broad SMARTS) is 1. The van der Waals surface area contributed by atoms with Crippen molar-refractivity contribution in [2.24, 2.45) is 5.92 Å². The molecule has 0 aliphatic carbocycles. The fraction of sp³-hybridized carbons (Fsp3) is 0.667. The van der Waals surface area contributed by atoms with Crippen LogP contribution < -0.4 is 5.32 Å². The Labute approximate surface area is 138 Å². The van der Waals surface area contributed by atoms with Crippen molar-refractivity contribution in [2.45, 2.75) is 59.3 Å².